The van der Waals surface area contributed by atoms with Gasteiger partial charge in [0, 0.05) is 11.6 Å². The first kappa shape index (κ1) is 14.1. The molecule has 0 saturated carbocycles. The zero-order chi connectivity index (χ0) is 13.0. The predicted molar refractivity (Wildman–Crippen MR) is 67.8 cm³/mol. The molecule has 0 heterocycles. The van der Waals surface area contributed by atoms with Crippen molar-refractivity contribution in [2.75, 3.05) is 27.9 Å². The predicted octanol–water partition coefficient (Wildman–Crippen LogP) is 1.47. The van der Waals surface area contributed by atoms with Gasteiger partial charge in [0.2, 0.25) is 0 Å². The molecule has 1 atom stereocenters. The van der Waals surface area contributed by atoms with Crippen LogP contribution >= 0.6 is 15.9 Å². The molecular formula is C11H16BrNO4. The van der Waals surface area contributed by atoms with Crippen LogP contribution in [0.4, 0.5) is 0 Å². The SMILES string of the molecule is COc1cc(OC)c(C(N)CO)c(Br)c1OC. The van der Waals surface area contributed by atoms with E-state index < -0.39 is 6.04 Å². The van der Waals surface area contributed by atoms with Crippen LogP contribution in [0.25, 0.3) is 0 Å². The maximum absolute atomic E-state index is 9.15. The van der Waals surface area contributed by atoms with Gasteiger partial charge in [-0.3, -0.25) is 0 Å². The number of aliphatic hydroxyl groups is 1. The normalized spacial score (nSPS) is 12.1. The van der Waals surface area contributed by atoms with Gasteiger partial charge in [-0.25, -0.2) is 0 Å². The van der Waals surface area contributed by atoms with Crippen LogP contribution in [-0.4, -0.2) is 33.0 Å². The topological polar surface area (TPSA) is 73.9 Å². The van der Waals surface area contributed by atoms with Gasteiger partial charge in [0.05, 0.1) is 38.5 Å². The molecule has 17 heavy (non-hydrogen) atoms. The molecule has 3 N–H and O–H groups in total. The number of aliphatic hydroxyl groups excluding tert-OH is 1. The molecule has 0 spiro atoms. The fourth-order valence-electron chi connectivity index (χ4n) is 1.55. The van der Waals surface area contributed by atoms with Crippen molar-refractivity contribution >= 4 is 15.9 Å². The van der Waals surface area contributed by atoms with Crippen molar-refractivity contribution in [3.8, 4) is 17.2 Å². The summed E-state index contributed by atoms with van der Waals surface area (Å²) < 4.78 is 16.3. The summed E-state index contributed by atoms with van der Waals surface area (Å²) in [4.78, 5) is 0. The molecule has 0 bridgehead atoms. The van der Waals surface area contributed by atoms with Crippen molar-refractivity contribution in [1.29, 1.82) is 0 Å². The highest BCUT2D eigenvalue weighted by atomic mass is 79.9. The lowest BCUT2D eigenvalue weighted by atomic mass is 10.1. The van der Waals surface area contributed by atoms with E-state index in [0.717, 1.165) is 0 Å². The Morgan fingerprint density at radius 1 is 1.24 bits per heavy atom. The van der Waals surface area contributed by atoms with Gasteiger partial charge < -0.3 is 25.1 Å². The Hall–Kier alpha value is -0.980. The first-order chi connectivity index (χ1) is 8.10. The Kier molecular flexibility index (Phi) is 5.04. The maximum atomic E-state index is 9.15. The summed E-state index contributed by atoms with van der Waals surface area (Å²) in [6.45, 7) is -0.190. The second kappa shape index (κ2) is 6.09. The zero-order valence-corrected chi connectivity index (χ0v) is 11.6. The smallest absolute Gasteiger partial charge is 0.175 e. The van der Waals surface area contributed by atoms with E-state index in [9.17, 15) is 0 Å². The van der Waals surface area contributed by atoms with Crippen LogP contribution in [0.15, 0.2) is 10.5 Å². The van der Waals surface area contributed by atoms with E-state index in [1.54, 1.807) is 6.07 Å². The molecule has 96 valence electrons. The summed E-state index contributed by atoms with van der Waals surface area (Å²) in [5.74, 6) is 1.59. The minimum atomic E-state index is -0.556. The second-order valence-corrected chi connectivity index (χ2v) is 4.12. The Balaban J connectivity index is 3.46. The summed E-state index contributed by atoms with van der Waals surface area (Å²) in [5, 5.41) is 9.15. The standard InChI is InChI=1S/C11H16BrNO4/c1-15-7-4-8(16-2)11(17-3)10(12)9(7)6(13)5-14/h4,6,14H,5,13H2,1-3H3. The minimum Gasteiger partial charge on any atom is -0.496 e. The summed E-state index contributed by atoms with van der Waals surface area (Å²) in [6, 6.07) is 1.12. The van der Waals surface area contributed by atoms with Crippen LogP contribution in [0.3, 0.4) is 0 Å². The molecule has 0 saturated heterocycles. The number of benzene rings is 1. The molecule has 1 rings (SSSR count). The average Bonchev–Trinajstić information content (AvgIpc) is 2.36. The molecular weight excluding hydrogens is 290 g/mol. The third-order valence-electron chi connectivity index (χ3n) is 2.40. The fourth-order valence-corrected chi connectivity index (χ4v) is 2.40. The molecule has 0 amide bonds. The van der Waals surface area contributed by atoms with Gasteiger partial charge in [0.1, 0.15) is 5.75 Å². The van der Waals surface area contributed by atoms with Crippen molar-refractivity contribution in [3.05, 3.63) is 16.1 Å². The van der Waals surface area contributed by atoms with E-state index in [0.29, 0.717) is 27.3 Å². The minimum absolute atomic E-state index is 0.190. The van der Waals surface area contributed by atoms with Crippen molar-refractivity contribution in [1.82, 2.24) is 0 Å². The Morgan fingerprint density at radius 3 is 2.24 bits per heavy atom. The van der Waals surface area contributed by atoms with Crippen LogP contribution in [0.2, 0.25) is 0 Å². The van der Waals surface area contributed by atoms with E-state index >= 15 is 0 Å². The van der Waals surface area contributed by atoms with E-state index in [1.807, 2.05) is 0 Å². The number of ether oxygens (including phenoxy) is 3. The Morgan fingerprint density at radius 2 is 1.82 bits per heavy atom. The molecule has 1 aromatic rings. The maximum Gasteiger partial charge on any atom is 0.175 e. The molecule has 0 aliphatic heterocycles. The lowest BCUT2D eigenvalue weighted by molar-refractivity contribution is 0.263. The van der Waals surface area contributed by atoms with Crippen molar-refractivity contribution < 1.29 is 19.3 Å². The number of hydrogen-bond donors (Lipinski definition) is 2. The van der Waals surface area contributed by atoms with Crippen molar-refractivity contribution in [3.63, 3.8) is 0 Å². The van der Waals surface area contributed by atoms with Gasteiger partial charge in [0.15, 0.2) is 11.5 Å². The highest BCUT2D eigenvalue weighted by Gasteiger charge is 2.22. The summed E-state index contributed by atoms with van der Waals surface area (Å²) >= 11 is 3.39. The first-order valence-electron chi connectivity index (χ1n) is 4.95. The second-order valence-electron chi connectivity index (χ2n) is 3.33. The lowest BCUT2D eigenvalue weighted by Crippen LogP contribution is -2.16. The van der Waals surface area contributed by atoms with Gasteiger partial charge >= 0.3 is 0 Å². The van der Waals surface area contributed by atoms with Gasteiger partial charge in [-0.15, -0.1) is 0 Å². The van der Waals surface area contributed by atoms with Crippen LogP contribution in [0.1, 0.15) is 11.6 Å². The monoisotopic (exact) mass is 305 g/mol. The molecule has 1 unspecified atom stereocenters. The van der Waals surface area contributed by atoms with Crippen molar-refractivity contribution in [2.45, 2.75) is 6.04 Å². The molecule has 6 heteroatoms. The van der Waals surface area contributed by atoms with E-state index in [1.165, 1.54) is 21.3 Å². The highest BCUT2D eigenvalue weighted by Crippen LogP contribution is 2.44. The molecule has 0 aromatic heterocycles. The van der Waals surface area contributed by atoms with Crippen LogP contribution in [-0.2, 0) is 0 Å². The average molecular weight is 306 g/mol. The third kappa shape index (κ3) is 2.65. The third-order valence-corrected chi connectivity index (χ3v) is 3.19. The fraction of sp³-hybridized carbons (Fsp3) is 0.455. The Labute approximate surface area is 109 Å². The number of hydrogen-bond acceptors (Lipinski definition) is 5. The highest BCUT2D eigenvalue weighted by molar-refractivity contribution is 9.10. The molecule has 5 nitrogen and oxygen atoms in total. The number of methoxy groups -OCH3 is 3. The summed E-state index contributed by atoms with van der Waals surface area (Å²) in [5.41, 5.74) is 6.48. The molecule has 1 aromatic carbocycles. The van der Waals surface area contributed by atoms with E-state index in [2.05, 4.69) is 15.9 Å². The summed E-state index contributed by atoms with van der Waals surface area (Å²) in [6.07, 6.45) is 0. The molecule has 0 aliphatic rings. The van der Waals surface area contributed by atoms with Crippen LogP contribution < -0.4 is 19.9 Å². The van der Waals surface area contributed by atoms with E-state index in [4.69, 9.17) is 25.1 Å². The number of halogens is 1. The van der Waals surface area contributed by atoms with E-state index in [-0.39, 0.29) is 6.61 Å². The lowest BCUT2D eigenvalue weighted by Gasteiger charge is -2.19. The molecule has 0 aliphatic carbocycles. The first-order valence-corrected chi connectivity index (χ1v) is 5.74. The van der Waals surface area contributed by atoms with Gasteiger partial charge in [-0.2, -0.15) is 0 Å². The van der Waals surface area contributed by atoms with Crippen molar-refractivity contribution in [2.24, 2.45) is 5.73 Å². The number of nitrogens with two attached hydrogens (primary N) is 1. The number of rotatable bonds is 5. The molecule has 0 fully saturated rings. The van der Waals surface area contributed by atoms with Crippen LogP contribution in [0, 0.1) is 0 Å². The molecule has 0 radical (unpaired) electrons. The quantitative estimate of drug-likeness (QED) is 0.861. The largest absolute Gasteiger partial charge is 0.496 e. The Bertz CT molecular complexity index is 398. The summed E-state index contributed by atoms with van der Waals surface area (Å²) in [7, 11) is 4.60. The van der Waals surface area contributed by atoms with Gasteiger partial charge in [0.25, 0.3) is 0 Å². The zero-order valence-electron chi connectivity index (χ0n) is 9.99. The van der Waals surface area contributed by atoms with Gasteiger partial charge in [-0.1, -0.05) is 0 Å². The van der Waals surface area contributed by atoms with Gasteiger partial charge in [-0.05, 0) is 15.9 Å². The van der Waals surface area contributed by atoms with Crippen LogP contribution in [0.5, 0.6) is 17.2 Å².